The van der Waals surface area contributed by atoms with Gasteiger partial charge < -0.3 is 10.6 Å². The van der Waals surface area contributed by atoms with Crippen molar-refractivity contribution in [2.45, 2.75) is 32.7 Å². The molecule has 1 fully saturated rings. The van der Waals surface area contributed by atoms with E-state index in [1.807, 2.05) is 6.07 Å². The lowest BCUT2D eigenvalue weighted by Crippen LogP contribution is -2.32. The van der Waals surface area contributed by atoms with Crippen LogP contribution < -0.4 is 10.6 Å². The molecule has 1 aromatic carbocycles. The van der Waals surface area contributed by atoms with Crippen LogP contribution in [0.25, 0.3) is 5.69 Å². The molecule has 0 amide bonds. The number of anilines is 1. The van der Waals surface area contributed by atoms with Crippen LogP contribution >= 0.6 is 0 Å². The summed E-state index contributed by atoms with van der Waals surface area (Å²) in [5.41, 5.74) is 9.29. The van der Waals surface area contributed by atoms with Gasteiger partial charge in [-0.3, -0.25) is 0 Å². The van der Waals surface area contributed by atoms with E-state index in [4.69, 9.17) is 10.8 Å². The van der Waals surface area contributed by atoms with Gasteiger partial charge >= 0.3 is 0 Å². The fraction of sp³-hybridized carbons (Fsp3) is 0.438. The first-order valence-corrected chi connectivity index (χ1v) is 7.40. The van der Waals surface area contributed by atoms with Crippen molar-refractivity contribution in [1.82, 2.24) is 9.78 Å². The SMILES string of the molecule is Cc1nn(-c2ccccc2)c(N2CCCCC2)c1CN. The summed E-state index contributed by atoms with van der Waals surface area (Å²) < 4.78 is 2.06. The third-order valence-electron chi connectivity index (χ3n) is 4.02. The van der Waals surface area contributed by atoms with Gasteiger partial charge in [-0.2, -0.15) is 5.10 Å². The Balaban J connectivity index is 2.09. The molecule has 3 rings (SSSR count). The molecule has 4 nitrogen and oxygen atoms in total. The van der Waals surface area contributed by atoms with Crippen molar-refractivity contribution in [3.8, 4) is 5.69 Å². The highest BCUT2D eigenvalue weighted by atomic mass is 15.4. The zero-order valence-electron chi connectivity index (χ0n) is 12.0. The van der Waals surface area contributed by atoms with Crippen LogP contribution in [0.5, 0.6) is 0 Å². The second kappa shape index (κ2) is 5.67. The van der Waals surface area contributed by atoms with Gasteiger partial charge in [-0.25, -0.2) is 4.68 Å². The molecule has 20 heavy (non-hydrogen) atoms. The molecule has 0 bridgehead atoms. The van der Waals surface area contributed by atoms with Crippen molar-refractivity contribution < 1.29 is 0 Å². The Morgan fingerprint density at radius 2 is 1.80 bits per heavy atom. The van der Waals surface area contributed by atoms with Gasteiger partial charge in [0.05, 0.1) is 11.4 Å². The minimum absolute atomic E-state index is 0.546. The number of nitrogens with two attached hydrogens (primary N) is 1. The van der Waals surface area contributed by atoms with Gasteiger partial charge in [-0.05, 0) is 38.3 Å². The summed E-state index contributed by atoms with van der Waals surface area (Å²) in [7, 11) is 0. The van der Waals surface area contributed by atoms with E-state index in [1.165, 1.54) is 30.6 Å². The Kier molecular flexibility index (Phi) is 3.74. The van der Waals surface area contributed by atoms with Crippen molar-refractivity contribution in [3.63, 3.8) is 0 Å². The molecule has 2 heterocycles. The van der Waals surface area contributed by atoms with Gasteiger partial charge in [-0.15, -0.1) is 0 Å². The van der Waals surface area contributed by atoms with E-state index in [0.717, 1.165) is 24.5 Å². The summed E-state index contributed by atoms with van der Waals surface area (Å²) in [5, 5.41) is 4.72. The van der Waals surface area contributed by atoms with Crippen molar-refractivity contribution >= 4 is 5.82 Å². The summed E-state index contributed by atoms with van der Waals surface area (Å²) in [6, 6.07) is 10.3. The maximum Gasteiger partial charge on any atom is 0.137 e. The van der Waals surface area contributed by atoms with Gasteiger partial charge in [-0.1, -0.05) is 18.2 Å². The maximum atomic E-state index is 5.97. The highest BCUT2D eigenvalue weighted by molar-refractivity contribution is 5.55. The second-order valence-electron chi connectivity index (χ2n) is 5.39. The summed E-state index contributed by atoms with van der Waals surface area (Å²) in [5.74, 6) is 1.19. The normalized spacial score (nSPS) is 15.6. The Morgan fingerprint density at radius 1 is 1.10 bits per heavy atom. The molecule has 2 N–H and O–H groups in total. The summed E-state index contributed by atoms with van der Waals surface area (Å²) in [6.07, 6.45) is 3.83. The van der Waals surface area contributed by atoms with Crippen molar-refractivity contribution in [1.29, 1.82) is 0 Å². The molecular formula is C16H22N4. The van der Waals surface area contributed by atoms with Crippen LogP contribution in [0.3, 0.4) is 0 Å². The van der Waals surface area contributed by atoms with E-state index in [2.05, 4.69) is 40.8 Å². The van der Waals surface area contributed by atoms with E-state index in [0.29, 0.717) is 6.54 Å². The maximum absolute atomic E-state index is 5.97. The number of para-hydroxylation sites is 1. The van der Waals surface area contributed by atoms with E-state index in [-0.39, 0.29) is 0 Å². The number of benzene rings is 1. The first-order valence-electron chi connectivity index (χ1n) is 7.40. The highest BCUT2D eigenvalue weighted by Crippen LogP contribution is 2.29. The molecular weight excluding hydrogens is 248 g/mol. The number of hydrogen-bond donors (Lipinski definition) is 1. The molecule has 106 valence electrons. The average molecular weight is 270 g/mol. The number of hydrogen-bond acceptors (Lipinski definition) is 3. The molecule has 1 aromatic heterocycles. The molecule has 0 radical (unpaired) electrons. The molecule has 0 aliphatic carbocycles. The van der Waals surface area contributed by atoms with Gasteiger partial charge in [0.25, 0.3) is 0 Å². The van der Waals surface area contributed by atoms with Crippen LogP contribution in [0, 0.1) is 6.92 Å². The smallest absolute Gasteiger partial charge is 0.137 e. The van der Waals surface area contributed by atoms with E-state index in [9.17, 15) is 0 Å². The Labute approximate surface area is 120 Å². The lowest BCUT2D eigenvalue weighted by Gasteiger charge is -2.30. The molecule has 0 atom stereocenters. The van der Waals surface area contributed by atoms with Crippen molar-refractivity contribution in [2.24, 2.45) is 5.73 Å². The van der Waals surface area contributed by atoms with Crippen LogP contribution in [0.2, 0.25) is 0 Å². The fourth-order valence-electron chi connectivity index (χ4n) is 2.97. The van der Waals surface area contributed by atoms with Crippen molar-refractivity contribution in [3.05, 3.63) is 41.6 Å². The minimum atomic E-state index is 0.546. The zero-order chi connectivity index (χ0) is 13.9. The van der Waals surface area contributed by atoms with E-state index < -0.39 is 0 Å². The summed E-state index contributed by atoms with van der Waals surface area (Å²) >= 11 is 0. The monoisotopic (exact) mass is 270 g/mol. The van der Waals surface area contributed by atoms with Gasteiger partial charge in [0.2, 0.25) is 0 Å². The number of aromatic nitrogens is 2. The largest absolute Gasteiger partial charge is 0.356 e. The first kappa shape index (κ1) is 13.2. The van der Waals surface area contributed by atoms with Crippen LogP contribution in [0.15, 0.2) is 30.3 Å². The van der Waals surface area contributed by atoms with Crippen LogP contribution in [0.1, 0.15) is 30.5 Å². The van der Waals surface area contributed by atoms with Crippen LogP contribution in [0.4, 0.5) is 5.82 Å². The lowest BCUT2D eigenvalue weighted by molar-refractivity contribution is 0.566. The zero-order valence-corrected chi connectivity index (χ0v) is 12.0. The lowest BCUT2D eigenvalue weighted by atomic mass is 10.1. The fourth-order valence-corrected chi connectivity index (χ4v) is 2.97. The first-order chi connectivity index (χ1) is 9.81. The molecule has 0 saturated carbocycles. The molecule has 2 aromatic rings. The van der Waals surface area contributed by atoms with Crippen LogP contribution in [-0.4, -0.2) is 22.9 Å². The number of nitrogens with zero attached hydrogens (tertiary/aromatic N) is 3. The van der Waals surface area contributed by atoms with Crippen molar-refractivity contribution in [2.75, 3.05) is 18.0 Å². The standard InChI is InChI=1S/C16H22N4/c1-13-15(12-17)16(19-10-6-3-7-11-19)20(18-13)14-8-4-2-5-9-14/h2,4-5,8-9H,3,6-7,10-12,17H2,1H3. The number of aryl methyl sites for hydroxylation is 1. The van der Waals surface area contributed by atoms with Gasteiger partial charge in [0.15, 0.2) is 0 Å². The minimum Gasteiger partial charge on any atom is -0.356 e. The highest BCUT2D eigenvalue weighted by Gasteiger charge is 2.22. The molecule has 1 saturated heterocycles. The topological polar surface area (TPSA) is 47.1 Å². The third kappa shape index (κ3) is 2.31. The van der Waals surface area contributed by atoms with Gasteiger partial charge in [0, 0.05) is 25.2 Å². The van der Waals surface area contributed by atoms with E-state index in [1.54, 1.807) is 0 Å². The molecule has 1 aliphatic rings. The number of rotatable bonds is 3. The molecule has 0 spiro atoms. The van der Waals surface area contributed by atoms with Crippen LogP contribution in [-0.2, 0) is 6.54 Å². The Bertz CT molecular complexity index is 568. The predicted octanol–water partition coefficient (Wildman–Crippen LogP) is 2.63. The second-order valence-corrected chi connectivity index (χ2v) is 5.39. The van der Waals surface area contributed by atoms with E-state index >= 15 is 0 Å². The molecule has 1 aliphatic heterocycles. The Hall–Kier alpha value is -1.81. The quantitative estimate of drug-likeness (QED) is 0.932. The molecule has 4 heteroatoms. The predicted molar refractivity (Wildman–Crippen MR) is 82.3 cm³/mol. The van der Waals surface area contributed by atoms with Gasteiger partial charge in [0.1, 0.15) is 5.82 Å². The Morgan fingerprint density at radius 3 is 2.45 bits per heavy atom. The molecule has 0 unspecified atom stereocenters. The summed E-state index contributed by atoms with van der Waals surface area (Å²) in [6.45, 7) is 4.80. The average Bonchev–Trinajstić information content (AvgIpc) is 2.85. The number of piperidine rings is 1. The third-order valence-corrected chi connectivity index (χ3v) is 4.02. The summed E-state index contributed by atoms with van der Waals surface area (Å²) in [4.78, 5) is 2.44.